The maximum Gasteiger partial charge on any atom is 0.411 e. The first-order chi connectivity index (χ1) is 20.1. The number of ketones is 1. The van der Waals surface area contributed by atoms with Gasteiger partial charge in [-0.1, -0.05) is 48.5 Å². The SMILES string of the molecule is CNc1cc(C(c2ccc(O)c(NC(=O)c3ccc(-c4ccc(C(C)=O)cc4)cc3)c2)(C(F)(F)F)C(F)(F)F)ccc1O. The fourth-order valence-electron chi connectivity index (χ4n) is 4.73. The summed E-state index contributed by atoms with van der Waals surface area (Å²) in [6.45, 7) is 1.43. The Morgan fingerprint density at radius 1 is 0.628 bits per heavy atom. The highest BCUT2D eigenvalue weighted by molar-refractivity contribution is 6.05. The van der Waals surface area contributed by atoms with Gasteiger partial charge in [0.1, 0.15) is 11.5 Å². The molecule has 0 spiro atoms. The van der Waals surface area contributed by atoms with Crippen molar-refractivity contribution in [1.29, 1.82) is 0 Å². The van der Waals surface area contributed by atoms with Crippen LogP contribution in [0.25, 0.3) is 11.1 Å². The second-order valence-corrected chi connectivity index (χ2v) is 9.62. The summed E-state index contributed by atoms with van der Waals surface area (Å²) >= 11 is 0. The van der Waals surface area contributed by atoms with E-state index in [0.717, 1.165) is 5.56 Å². The Bertz CT molecular complexity index is 1650. The van der Waals surface area contributed by atoms with Crippen LogP contribution in [0.5, 0.6) is 11.5 Å². The van der Waals surface area contributed by atoms with Crippen LogP contribution < -0.4 is 10.6 Å². The molecule has 0 saturated heterocycles. The van der Waals surface area contributed by atoms with Crippen molar-refractivity contribution in [3.8, 4) is 22.6 Å². The van der Waals surface area contributed by atoms with Gasteiger partial charge in [0, 0.05) is 18.2 Å². The van der Waals surface area contributed by atoms with Crippen molar-refractivity contribution >= 4 is 23.1 Å². The number of phenols is 2. The number of hydrogen-bond donors (Lipinski definition) is 4. The molecule has 0 aromatic heterocycles. The molecule has 0 radical (unpaired) electrons. The number of alkyl halides is 6. The lowest BCUT2D eigenvalue weighted by atomic mass is 9.72. The van der Waals surface area contributed by atoms with Gasteiger partial charge < -0.3 is 20.8 Å². The van der Waals surface area contributed by atoms with Gasteiger partial charge >= 0.3 is 12.4 Å². The van der Waals surface area contributed by atoms with E-state index in [-0.39, 0.29) is 17.0 Å². The van der Waals surface area contributed by atoms with Crippen LogP contribution in [0.1, 0.15) is 38.8 Å². The summed E-state index contributed by atoms with van der Waals surface area (Å²) in [7, 11) is 1.21. The third kappa shape index (κ3) is 5.72. The average molecular weight is 603 g/mol. The molecule has 4 aromatic carbocycles. The molecule has 0 atom stereocenters. The Balaban J connectivity index is 1.73. The number of nitrogens with one attached hydrogen (secondary N) is 2. The van der Waals surface area contributed by atoms with Crippen LogP contribution in [0.15, 0.2) is 84.9 Å². The first kappa shape index (κ1) is 30.9. The zero-order valence-electron chi connectivity index (χ0n) is 22.6. The number of rotatable bonds is 7. The van der Waals surface area contributed by atoms with Crippen molar-refractivity contribution in [2.45, 2.75) is 24.7 Å². The van der Waals surface area contributed by atoms with Crippen LogP contribution in [0.4, 0.5) is 37.7 Å². The first-order valence-electron chi connectivity index (χ1n) is 12.6. The van der Waals surface area contributed by atoms with Crippen molar-refractivity contribution in [2.75, 3.05) is 17.7 Å². The highest BCUT2D eigenvalue weighted by Crippen LogP contribution is 2.57. The topological polar surface area (TPSA) is 98.7 Å². The quantitative estimate of drug-likeness (QED) is 0.0989. The van der Waals surface area contributed by atoms with E-state index in [1.807, 2.05) is 0 Å². The Hall–Kier alpha value is -5.00. The van der Waals surface area contributed by atoms with Gasteiger partial charge in [-0.15, -0.1) is 0 Å². The van der Waals surface area contributed by atoms with Crippen molar-refractivity contribution in [3.05, 3.63) is 107 Å². The zero-order chi connectivity index (χ0) is 31.7. The van der Waals surface area contributed by atoms with Crippen LogP contribution in [0, 0.1) is 0 Å². The number of carbonyl (C=O) groups is 2. The third-order valence-corrected chi connectivity index (χ3v) is 7.00. The molecule has 0 saturated carbocycles. The molecule has 1 amide bonds. The number of amides is 1. The Labute approximate surface area is 241 Å². The van der Waals surface area contributed by atoms with Crippen LogP contribution >= 0.6 is 0 Å². The summed E-state index contributed by atoms with van der Waals surface area (Å²) in [5, 5.41) is 24.7. The van der Waals surface area contributed by atoms with Crippen molar-refractivity contribution in [3.63, 3.8) is 0 Å². The lowest BCUT2D eigenvalue weighted by molar-refractivity contribution is -0.288. The maximum absolute atomic E-state index is 14.6. The third-order valence-electron chi connectivity index (χ3n) is 7.00. The minimum Gasteiger partial charge on any atom is -0.506 e. The lowest BCUT2D eigenvalue weighted by Gasteiger charge is -2.38. The largest absolute Gasteiger partial charge is 0.506 e. The van der Waals surface area contributed by atoms with E-state index in [4.69, 9.17) is 0 Å². The van der Waals surface area contributed by atoms with E-state index in [1.165, 1.54) is 26.1 Å². The first-order valence-corrected chi connectivity index (χ1v) is 12.6. The van der Waals surface area contributed by atoms with Crippen molar-refractivity contribution < 1.29 is 46.1 Å². The van der Waals surface area contributed by atoms with E-state index in [0.29, 0.717) is 47.5 Å². The summed E-state index contributed by atoms with van der Waals surface area (Å²) in [6, 6.07) is 15.9. The molecule has 0 fully saturated rings. The van der Waals surface area contributed by atoms with E-state index in [1.54, 1.807) is 36.4 Å². The van der Waals surface area contributed by atoms with Gasteiger partial charge in [-0.2, -0.15) is 26.3 Å². The summed E-state index contributed by atoms with van der Waals surface area (Å²) in [6.07, 6.45) is -11.9. The minimum atomic E-state index is -5.94. The number of Topliss-reactive ketones (excluding diaryl/α,β-unsaturated/α-hetero) is 1. The monoisotopic (exact) mass is 602 g/mol. The van der Waals surface area contributed by atoms with Gasteiger partial charge in [0.25, 0.3) is 5.91 Å². The number of hydrogen-bond acceptors (Lipinski definition) is 5. The summed E-state index contributed by atoms with van der Waals surface area (Å²) in [4.78, 5) is 24.4. The minimum absolute atomic E-state index is 0.00371. The van der Waals surface area contributed by atoms with E-state index in [2.05, 4.69) is 10.6 Å². The van der Waals surface area contributed by atoms with Gasteiger partial charge in [-0.25, -0.2) is 0 Å². The molecule has 43 heavy (non-hydrogen) atoms. The normalized spacial score (nSPS) is 12.1. The average Bonchev–Trinajstić information content (AvgIpc) is 2.94. The number of anilines is 2. The second kappa shape index (κ2) is 11.3. The van der Waals surface area contributed by atoms with Crippen LogP contribution in [0.3, 0.4) is 0 Å². The van der Waals surface area contributed by atoms with E-state index in [9.17, 15) is 46.1 Å². The van der Waals surface area contributed by atoms with Crippen molar-refractivity contribution in [1.82, 2.24) is 0 Å². The Morgan fingerprint density at radius 2 is 1.05 bits per heavy atom. The molecule has 0 bridgehead atoms. The number of phenolic OH excluding ortho intramolecular Hbond substituents is 2. The smallest absolute Gasteiger partial charge is 0.411 e. The van der Waals surface area contributed by atoms with Gasteiger partial charge in [-0.3, -0.25) is 9.59 Å². The zero-order valence-corrected chi connectivity index (χ0v) is 22.6. The standard InChI is InChI=1S/C31H24F6N2O4/c1-17(40)18-3-5-19(6-4-18)20-7-9-21(10-8-20)28(43)39-25-16-23(12-14-27(25)42)29(30(32,33)34,31(35,36)37)22-11-13-26(41)24(15-22)38-2/h3-16,38,41-42H,1-2H3,(H,39,43). The molecular formula is C31H24F6N2O4. The lowest BCUT2D eigenvalue weighted by Crippen LogP contribution is -2.54. The number of carbonyl (C=O) groups excluding carboxylic acids is 2. The number of halogens is 6. The highest BCUT2D eigenvalue weighted by atomic mass is 19.4. The number of benzene rings is 4. The molecule has 4 N–H and O–H groups in total. The van der Waals surface area contributed by atoms with Gasteiger partial charge in [0.2, 0.25) is 5.41 Å². The molecule has 0 aliphatic carbocycles. The fourth-order valence-corrected chi connectivity index (χ4v) is 4.73. The van der Waals surface area contributed by atoms with Gasteiger partial charge in [0.05, 0.1) is 11.4 Å². The highest BCUT2D eigenvalue weighted by Gasteiger charge is 2.72. The van der Waals surface area contributed by atoms with E-state index >= 15 is 0 Å². The molecule has 6 nitrogen and oxygen atoms in total. The fraction of sp³-hybridized carbons (Fsp3) is 0.161. The Kier molecular flexibility index (Phi) is 8.17. The summed E-state index contributed by atoms with van der Waals surface area (Å²) in [5.74, 6) is -2.35. The maximum atomic E-state index is 14.6. The van der Waals surface area contributed by atoms with Crippen LogP contribution in [-0.2, 0) is 5.41 Å². The predicted molar refractivity (Wildman–Crippen MR) is 148 cm³/mol. The van der Waals surface area contributed by atoms with Crippen LogP contribution in [-0.4, -0.2) is 41.3 Å². The summed E-state index contributed by atoms with van der Waals surface area (Å²) in [5.41, 5.74) is -6.30. The molecular weight excluding hydrogens is 578 g/mol. The molecule has 224 valence electrons. The second-order valence-electron chi connectivity index (χ2n) is 9.62. The van der Waals surface area contributed by atoms with Crippen LogP contribution in [0.2, 0.25) is 0 Å². The molecule has 4 rings (SSSR count). The van der Waals surface area contributed by atoms with Gasteiger partial charge in [-0.05, 0) is 65.6 Å². The molecule has 0 aliphatic rings. The number of aromatic hydroxyl groups is 2. The molecule has 12 heteroatoms. The van der Waals surface area contributed by atoms with E-state index < -0.39 is 52.0 Å². The molecule has 0 aliphatic heterocycles. The summed E-state index contributed by atoms with van der Waals surface area (Å²) < 4.78 is 87.7. The van der Waals surface area contributed by atoms with Gasteiger partial charge in [0.15, 0.2) is 5.78 Å². The molecule has 0 heterocycles. The molecule has 4 aromatic rings. The van der Waals surface area contributed by atoms with Crippen molar-refractivity contribution in [2.24, 2.45) is 0 Å². The predicted octanol–water partition coefficient (Wildman–Crippen LogP) is 7.67. The Morgan fingerprint density at radius 3 is 1.47 bits per heavy atom. The molecule has 0 unspecified atom stereocenters.